The van der Waals surface area contributed by atoms with E-state index in [2.05, 4.69) is 11.4 Å². The molecule has 0 bridgehead atoms. The summed E-state index contributed by atoms with van der Waals surface area (Å²) in [5.41, 5.74) is 3.41. The first-order valence-corrected chi connectivity index (χ1v) is 7.32. The molecule has 1 N–H and O–H groups in total. The average molecular weight is 281 g/mol. The molecule has 1 aliphatic heterocycles. The van der Waals surface area contributed by atoms with Gasteiger partial charge < -0.3 is 10.1 Å². The van der Waals surface area contributed by atoms with Crippen molar-refractivity contribution in [3.05, 3.63) is 65.2 Å². The Hall–Kier alpha value is -2.29. The highest BCUT2D eigenvalue weighted by Crippen LogP contribution is 2.30. The largest absolute Gasteiger partial charge is 0.493 e. The molecule has 1 atom stereocenters. The average Bonchev–Trinajstić information content (AvgIpc) is 2.53. The lowest BCUT2D eigenvalue weighted by Gasteiger charge is -2.22. The van der Waals surface area contributed by atoms with Crippen molar-refractivity contribution in [2.45, 2.75) is 25.8 Å². The van der Waals surface area contributed by atoms with Crippen LogP contribution < -0.4 is 10.1 Å². The van der Waals surface area contributed by atoms with Crippen LogP contribution in [0.25, 0.3) is 0 Å². The highest BCUT2D eigenvalue weighted by atomic mass is 16.5. The SMILES string of the molecule is CC(=O)NC(c1ccccc1)c1ccc2c(c1)CCCO2. The first kappa shape index (κ1) is 13.7. The molecule has 0 radical (unpaired) electrons. The van der Waals surface area contributed by atoms with E-state index in [1.807, 2.05) is 42.5 Å². The van der Waals surface area contributed by atoms with Crippen molar-refractivity contribution in [3.8, 4) is 5.75 Å². The molecule has 2 aromatic rings. The zero-order chi connectivity index (χ0) is 14.7. The Balaban J connectivity index is 1.98. The van der Waals surface area contributed by atoms with Crippen molar-refractivity contribution >= 4 is 5.91 Å². The zero-order valence-corrected chi connectivity index (χ0v) is 12.1. The van der Waals surface area contributed by atoms with E-state index >= 15 is 0 Å². The number of benzene rings is 2. The van der Waals surface area contributed by atoms with Gasteiger partial charge in [0.15, 0.2) is 0 Å². The fourth-order valence-electron chi connectivity index (χ4n) is 2.77. The molecular formula is C18H19NO2. The molecule has 1 amide bonds. The van der Waals surface area contributed by atoms with Gasteiger partial charge in [0.25, 0.3) is 0 Å². The summed E-state index contributed by atoms with van der Waals surface area (Å²) in [5, 5.41) is 3.04. The summed E-state index contributed by atoms with van der Waals surface area (Å²) in [6, 6.07) is 16.1. The van der Waals surface area contributed by atoms with Crippen molar-refractivity contribution in [1.82, 2.24) is 5.32 Å². The van der Waals surface area contributed by atoms with Gasteiger partial charge in [-0.3, -0.25) is 4.79 Å². The molecule has 3 heteroatoms. The zero-order valence-electron chi connectivity index (χ0n) is 12.1. The van der Waals surface area contributed by atoms with Crippen molar-refractivity contribution in [2.75, 3.05) is 6.61 Å². The van der Waals surface area contributed by atoms with Gasteiger partial charge in [-0.1, -0.05) is 36.4 Å². The van der Waals surface area contributed by atoms with Crippen LogP contribution in [-0.4, -0.2) is 12.5 Å². The second-order valence-electron chi connectivity index (χ2n) is 5.36. The van der Waals surface area contributed by atoms with E-state index in [0.717, 1.165) is 36.3 Å². The first-order valence-electron chi connectivity index (χ1n) is 7.32. The monoisotopic (exact) mass is 281 g/mol. The molecule has 0 spiro atoms. The third kappa shape index (κ3) is 3.07. The Morgan fingerprint density at radius 1 is 1.14 bits per heavy atom. The fraction of sp³-hybridized carbons (Fsp3) is 0.278. The molecule has 3 rings (SSSR count). The van der Waals surface area contributed by atoms with E-state index in [0.29, 0.717) is 0 Å². The van der Waals surface area contributed by atoms with Gasteiger partial charge in [0.2, 0.25) is 5.91 Å². The molecule has 3 nitrogen and oxygen atoms in total. The number of ether oxygens (including phenoxy) is 1. The predicted molar refractivity (Wildman–Crippen MR) is 82.4 cm³/mol. The summed E-state index contributed by atoms with van der Waals surface area (Å²) in [4.78, 5) is 11.6. The van der Waals surface area contributed by atoms with Gasteiger partial charge in [-0.15, -0.1) is 0 Å². The quantitative estimate of drug-likeness (QED) is 0.938. The number of nitrogens with one attached hydrogen (secondary N) is 1. The Morgan fingerprint density at radius 3 is 2.71 bits per heavy atom. The minimum Gasteiger partial charge on any atom is -0.493 e. The van der Waals surface area contributed by atoms with Gasteiger partial charge in [0.05, 0.1) is 12.6 Å². The van der Waals surface area contributed by atoms with E-state index in [-0.39, 0.29) is 11.9 Å². The molecular weight excluding hydrogens is 262 g/mol. The molecule has 21 heavy (non-hydrogen) atoms. The number of rotatable bonds is 3. The number of hydrogen-bond acceptors (Lipinski definition) is 2. The summed E-state index contributed by atoms with van der Waals surface area (Å²) in [6.45, 7) is 2.34. The lowest BCUT2D eigenvalue weighted by atomic mass is 9.95. The number of carbonyl (C=O) groups is 1. The molecule has 0 aromatic heterocycles. The van der Waals surface area contributed by atoms with Crippen molar-refractivity contribution in [1.29, 1.82) is 0 Å². The van der Waals surface area contributed by atoms with E-state index < -0.39 is 0 Å². The van der Waals surface area contributed by atoms with E-state index in [1.54, 1.807) is 6.92 Å². The van der Waals surface area contributed by atoms with Crippen molar-refractivity contribution in [2.24, 2.45) is 0 Å². The Labute approximate surface area is 124 Å². The second kappa shape index (κ2) is 6.00. The molecule has 0 saturated heterocycles. The minimum atomic E-state index is -0.115. The highest BCUT2D eigenvalue weighted by molar-refractivity contribution is 5.74. The first-order chi connectivity index (χ1) is 10.2. The normalized spacial score (nSPS) is 14.7. The van der Waals surface area contributed by atoms with Crippen molar-refractivity contribution in [3.63, 3.8) is 0 Å². The Bertz CT molecular complexity index is 637. The van der Waals surface area contributed by atoms with Crippen LogP contribution in [-0.2, 0) is 11.2 Å². The highest BCUT2D eigenvalue weighted by Gasteiger charge is 2.18. The van der Waals surface area contributed by atoms with Gasteiger partial charge in [0, 0.05) is 6.92 Å². The summed E-state index contributed by atoms with van der Waals surface area (Å²) in [7, 11) is 0. The maximum absolute atomic E-state index is 11.6. The fourth-order valence-corrected chi connectivity index (χ4v) is 2.77. The lowest BCUT2D eigenvalue weighted by Crippen LogP contribution is -2.27. The van der Waals surface area contributed by atoms with Gasteiger partial charge in [-0.2, -0.15) is 0 Å². The summed E-state index contributed by atoms with van der Waals surface area (Å²) < 4.78 is 5.66. The predicted octanol–water partition coefficient (Wildman–Crippen LogP) is 3.24. The third-order valence-electron chi connectivity index (χ3n) is 3.75. The number of fused-ring (bicyclic) bond motifs is 1. The van der Waals surface area contributed by atoms with Crippen molar-refractivity contribution < 1.29 is 9.53 Å². The van der Waals surface area contributed by atoms with Gasteiger partial charge >= 0.3 is 0 Å². The molecule has 0 saturated carbocycles. The van der Waals surface area contributed by atoms with E-state index in [1.165, 1.54) is 5.56 Å². The standard InChI is InChI=1S/C18H19NO2/c1-13(20)19-18(14-6-3-2-4-7-14)16-9-10-17-15(12-16)8-5-11-21-17/h2-4,6-7,9-10,12,18H,5,8,11H2,1H3,(H,19,20). The number of aryl methyl sites for hydroxylation is 1. The number of carbonyl (C=O) groups excluding carboxylic acids is 1. The number of hydrogen-bond donors (Lipinski definition) is 1. The van der Waals surface area contributed by atoms with Crippen LogP contribution in [0.4, 0.5) is 0 Å². The maximum atomic E-state index is 11.6. The molecule has 0 fully saturated rings. The minimum absolute atomic E-state index is 0.0298. The van der Waals surface area contributed by atoms with Crippen LogP contribution in [0.5, 0.6) is 5.75 Å². The van der Waals surface area contributed by atoms with E-state index in [9.17, 15) is 4.79 Å². The second-order valence-corrected chi connectivity index (χ2v) is 5.36. The smallest absolute Gasteiger partial charge is 0.217 e. The molecule has 1 aliphatic rings. The molecule has 108 valence electrons. The Kier molecular flexibility index (Phi) is 3.91. The van der Waals surface area contributed by atoms with Gasteiger partial charge in [-0.25, -0.2) is 0 Å². The summed E-state index contributed by atoms with van der Waals surface area (Å²) in [6.07, 6.45) is 2.08. The van der Waals surface area contributed by atoms with Gasteiger partial charge in [-0.05, 0) is 41.7 Å². The lowest BCUT2D eigenvalue weighted by molar-refractivity contribution is -0.119. The molecule has 2 aromatic carbocycles. The third-order valence-corrected chi connectivity index (χ3v) is 3.75. The maximum Gasteiger partial charge on any atom is 0.217 e. The van der Waals surface area contributed by atoms with Crippen LogP contribution in [0.2, 0.25) is 0 Å². The van der Waals surface area contributed by atoms with E-state index in [4.69, 9.17) is 4.74 Å². The van der Waals surface area contributed by atoms with Crippen LogP contribution >= 0.6 is 0 Å². The summed E-state index contributed by atoms with van der Waals surface area (Å²) >= 11 is 0. The van der Waals surface area contributed by atoms with Gasteiger partial charge in [0.1, 0.15) is 5.75 Å². The molecule has 1 heterocycles. The molecule has 0 aliphatic carbocycles. The van der Waals surface area contributed by atoms with Crippen LogP contribution in [0.3, 0.4) is 0 Å². The topological polar surface area (TPSA) is 38.3 Å². The van der Waals surface area contributed by atoms with Crippen LogP contribution in [0.15, 0.2) is 48.5 Å². The Morgan fingerprint density at radius 2 is 1.95 bits per heavy atom. The number of amides is 1. The molecule has 1 unspecified atom stereocenters. The summed E-state index contributed by atoms with van der Waals surface area (Å²) in [5.74, 6) is 0.942. The van der Waals surface area contributed by atoms with Crippen LogP contribution in [0.1, 0.15) is 36.1 Å². The van der Waals surface area contributed by atoms with Crippen LogP contribution in [0, 0.1) is 0 Å².